The van der Waals surface area contributed by atoms with E-state index in [1.54, 1.807) is 0 Å². The van der Waals surface area contributed by atoms with Crippen LogP contribution in [0.15, 0.2) is 36.5 Å². The number of hydrogen-bond donors (Lipinski definition) is 1. The van der Waals surface area contributed by atoms with E-state index in [1.165, 1.54) is 19.3 Å². The van der Waals surface area contributed by atoms with Crippen LogP contribution in [0.4, 0.5) is 5.82 Å². The Kier molecular flexibility index (Phi) is 7.08. The lowest BCUT2D eigenvalue weighted by Gasteiger charge is -2.32. The predicted molar refractivity (Wildman–Crippen MR) is 127 cm³/mol. The van der Waals surface area contributed by atoms with Crippen molar-refractivity contribution in [3.63, 3.8) is 0 Å². The monoisotopic (exact) mass is 434 g/mol. The third-order valence-corrected chi connectivity index (χ3v) is 6.52. The number of nitrogens with zero attached hydrogens (tertiary/aromatic N) is 3. The number of carbonyl (C=O) groups is 2. The first-order valence-electron chi connectivity index (χ1n) is 11.9. The van der Waals surface area contributed by atoms with Gasteiger partial charge in [-0.2, -0.15) is 0 Å². The van der Waals surface area contributed by atoms with Crippen molar-refractivity contribution in [3.05, 3.63) is 58.8 Å². The van der Waals surface area contributed by atoms with Crippen LogP contribution in [0, 0.1) is 19.8 Å². The normalized spacial score (nSPS) is 19.0. The molecule has 0 radical (unpaired) electrons. The highest BCUT2D eigenvalue weighted by Gasteiger charge is 2.29. The second-order valence-electron chi connectivity index (χ2n) is 9.22. The number of likely N-dealkylation sites (tertiary alicyclic amines) is 1. The smallest absolute Gasteiger partial charge is 0.253 e. The molecule has 2 aliphatic rings. The molecule has 0 spiro atoms. The molecule has 0 aliphatic carbocycles. The standard InChI is InChI=1S/C26H34N4O2/c1-19-14-20(2)16-23(15-19)26(32)30-13-7-9-22(18-30)25(31)28-17-21-8-6-10-27-24(21)29-11-4-3-5-12-29/h6,8,10,14-16,22H,3-5,7,9,11-13,17-18H2,1-2H3,(H,28,31). The van der Waals surface area contributed by atoms with Gasteiger partial charge in [-0.3, -0.25) is 9.59 Å². The maximum Gasteiger partial charge on any atom is 0.253 e. The van der Waals surface area contributed by atoms with Crippen LogP contribution in [0.1, 0.15) is 59.2 Å². The second kappa shape index (κ2) is 10.2. The average Bonchev–Trinajstić information content (AvgIpc) is 2.82. The molecule has 2 saturated heterocycles. The van der Waals surface area contributed by atoms with E-state index >= 15 is 0 Å². The SMILES string of the molecule is Cc1cc(C)cc(C(=O)N2CCCC(C(=O)NCc3cccnc3N3CCCCC3)C2)c1. The summed E-state index contributed by atoms with van der Waals surface area (Å²) in [6, 6.07) is 9.92. The molecule has 1 aromatic heterocycles. The van der Waals surface area contributed by atoms with Gasteiger partial charge in [-0.05, 0) is 64.2 Å². The number of hydrogen-bond acceptors (Lipinski definition) is 4. The molecule has 1 aromatic carbocycles. The van der Waals surface area contributed by atoms with Gasteiger partial charge in [0.2, 0.25) is 5.91 Å². The molecule has 6 nitrogen and oxygen atoms in total. The number of aromatic nitrogens is 1. The minimum Gasteiger partial charge on any atom is -0.356 e. The van der Waals surface area contributed by atoms with Gasteiger partial charge in [0.25, 0.3) is 5.91 Å². The third-order valence-electron chi connectivity index (χ3n) is 6.52. The van der Waals surface area contributed by atoms with E-state index in [4.69, 9.17) is 0 Å². The highest BCUT2D eigenvalue weighted by molar-refractivity contribution is 5.95. The Morgan fingerprint density at radius 2 is 1.78 bits per heavy atom. The summed E-state index contributed by atoms with van der Waals surface area (Å²) in [5.74, 6) is 0.863. The van der Waals surface area contributed by atoms with Crippen molar-refractivity contribution in [3.8, 4) is 0 Å². The summed E-state index contributed by atoms with van der Waals surface area (Å²) in [6.07, 6.45) is 7.14. The van der Waals surface area contributed by atoms with Gasteiger partial charge in [0.15, 0.2) is 0 Å². The number of aryl methyl sites for hydroxylation is 2. The van der Waals surface area contributed by atoms with Crippen molar-refractivity contribution in [2.75, 3.05) is 31.1 Å². The van der Waals surface area contributed by atoms with Gasteiger partial charge in [0.05, 0.1) is 5.92 Å². The van der Waals surface area contributed by atoms with Crippen LogP contribution in [0.2, 0.25) is 0 Å². The number of nitrogens with one attached hydrogen (secondary N) is 1. The first-order chi connectivity index (χ1) is 15.5. The zero-order valence-corrected chi connectivity index (χ0v) is 19.3. The van der Waals surface area contributed by atoms with Crippen molar-refractivity contribution in [2.24, 2.45) is 5.92 Å². The molecule has 6 heteroatoms. The molecule has 0 bridgehead atoms. The molecule has 1 atom stereocenters. The number of piperidine rings is 2. The highest BCUT2D eigenvalue weighted by atomic mass is 16.2. The quantitative estimate of drug-likeness (QED) is 0.776. The van der Waals surface area contributed by atoms with Gasteiger partial charge < -0.3 is 15.1 Å². The number of benzene rings is 1. The Labute approximate surface area is 191 Å². The fourth-order valence-electron chi connectivity index (χ4n) is 4.94. The topological polar surface area (TPSA) is 65.5 Å². The highest BCUT2D eigenvalue weighted by Crippen LogP contribution is 2.23. The van der Waals surface area contributed by atoms with Gasteiger partial charge in [-0.15, -0.1) is 0 Å². The van der Waals surface area contributed by atoms with Gasteiger partial charge in [-0.1, -0.05) is 23.3 Å². The molecule has 2 amide bonds. The Bertz CT molecular complexity index is 948. The van der Waals surface area contributed by atoms with Gasteiger partial charge in [0, 0.05) is 50.0 Å². The molecule has 4 rings (SSSR count). The lowest BCUT2D eigenvalue weighted by Crippen LogP contribution is -2.45. The van der Waals surface area contributed by atoms with Crippen LogP contribution in [-0.2, 0) is 11.3 Å². The largest absolute Gasteiger partial charge is 0.356 e. The molecule has 2 fully saturated rings. The summed E-state index contributed by atoms with van der Waals surface area (Å²) in [6.45, 7) is 7.72. The van der Waals surface area contributed by atoms with Crippen molar-refractivity contribution in [1.29, 1.82) is 0 Å². The summed E-state index contributed by atoms with van der Waals surface area (Å²) < 4.78 is 0. The maximum absolute atomic E-state index is 13.1. The molecular weight excluding hydrogens is 400 g/mol. The molecule has 32 heavy (non-hydrogen) atoms. The van der Waals surface area contributed by atoms with Crippen molar-refractivity contribution in [2.45, 2.75) is 52.5 Å². The fourth-order valence-corrected chi connectivity index (χ4v) is 4.94. The minimum atomic E-state index is -0.172. The predicted octanol–water partition coefficient (Wildman–Crippen LogP) is 3.86. The lowest BCUT2D eigenvalue weighted by atomic mass is 9.96. The van der Waals surface area contributed by atoms with Crippen LogP contribution in [0.25, 0.3) is 0 Å². The zero-order chi connectivity index (χ0) is 22.5. The number of amides is 2. The summed E-state index contributed by atoms with van der Waals surface area (Å²) in [5.41, 5.74) is 3.94. The van der Waals surface area contributed by atoms with E-state index in [0.29, 0.717) is 25.2 Å². The Hall–Kier alpha value is -2.89. The molecule has 2 aromatic rings. The van der Waals surface area contributed by atoms with Crippen molar-refractivity contribution in [1.82, 2.24) is 15.2 Å². The van der Waals surface area contributed by atoms with Crippen LogP contribution in [0.5, 0.6) is 0 Å². The molecule has 1 unspecified atom stereocenters. The molecule has 3 heterocycles. The summed E-state index contributed by atoms with van der Waals surface area (Å²) in [4.78, 5) is 34.8. The van der Waals surface area contributed by atoms with Crippen molar-refractivity contribution < 1.29 is 9.59 Å². The summed E-state index contributed by atoms with van der Waals surface area (Å²) >= 11 is 0. The molecular formula is C26H34N4O2. The fraction of sp³-hybridized carbons (Fsp3) is 0.500. The lowest BCUT2D eigenvalue weighted by molar-refractivity contribution is -0.126. The third kappa shape index (κ3) is 5.29. The zero-order valence-electron chi connectivity index (χ0n) is 19.3. The van der Waals surface area contributed by atoms with E-state index in [0.717, 1.165) is 48.4 Å². The molecule has 0 saturated carbocycles. The Morgan fingerprint density at radius 1 is 1.03 bits per heavy atom. The number of rotatable bonds is 5. The number of anilines is 1. The van der Waals surface area contributed by atoms with E-state index < -0.39 is 0 Å². The van der Waals surface area contributed by atoms with Gasteiger partial charge in [0.1, 0.15) is 5.82 Å². The Balaban J connectivity index is 1.37. The maximum atomic E-state index is 13.1. The molecule has 1 N–H and O–H groups in total. The van der Waals surface area contributed by atoms with Gasteiger partial charge >= 0.3 is 0 Å². The second-order valence-corrected chi connectivity index (χ2v) is 9.22. The number of pyridine rings is 1. The van der Waals surface area contributed by atoms with E-state index in [2.05, 4.69) is 21.3 Å². The first kappa shape index (κ1) is 22.3. The minimum absolute atomic E-state index is 0.0222. The van der Waals surface area contributed by atoms with Crippen molar-refractivity contribution >= 4 is 17.6 Å². The average molecular weight is 435 g/mol. The van der Waals surface area contributed by atoms with Gasteiger partial charge in [-0.25, -0.2) is 4.98 Å². The first-order valence-corrected chi connectivity index (χ1v) is 11.9. The van der Waals surface area contributed by atoms with E-state index in [1.807, 2.05) is 49.2 Å². The van der Waals surface area contributed by atoms with Crippen LogP contribution < -0.4 is 10.2 Å². The van der Waals surface area contributed by atoms with E-state index in [9.17, 15) is 9.59 Å². The van der Waals surface area contributed by atoms with E-state index in [-0.39, 0.29) is 17.7 Å². The van der Waals surface area contributed by atoms with Crippen LogP contribution >= 0.6 is 0 Å². The van der Waals surface area contributed by atoms with Crippen LogP contribution in [0.3, 0.4) is 0 Å². The Morgan fingerprint density at radius 3 is 2.53 bits per heavy atom. The number of carbonyl (C=O) groups excluding carboxylic acids is 2. The summed E-state index contributed by atoms with van der Waals surface area (Å²) in [5, 5.41) is 3.12. The van der Waals surface area contributed by atoms with Crippen LogP contribution in [-0.4, -0.2) is 47.9 Å². The summed E-state index contributed by atoms with van der Waals surface area (Å²) in [7, 11) is 0. The molecule has 170 valence electrons. The molecule has 2 aliphatic heterocycles.